The first-order valence-electron chi connectivity index (χ1n) is 9.26. The molecule has 0 unspecified atom stereocenters. The average molecular weight is 521 g/mol. The topological polar surface area (TPSA) is 96.1 Å². The quantitative estimate of drug-likeness (QED) is 0.359. The molecule has 150 valence electrons. The minimum absolute atomic E-state index is 0.347. The van der Waals surface area contributed by atoms with Gasteiger partial charge in [0.1, 0.15) is 11.5 Å². The predicted molar refractivity (Wildman–Crippen MR) is 122 cm³/mol. The van der Waals surface area contributed by atoms with Crippen LogP contribution in [0.25, 0.3) is 11.2 Å². The fraction of sp³-hybridized carbons (Fsp3) is 0.350. The predicted octanol–water partition coefficient (Wildman–Crippen LogP) is 2.77. The lowest BCUT2D eigenvalue weighted by molar-refractivity contribution is 0.0313. The normalized spacial score (nSPS) is 21.2. The Hall–Kier alpha value is -1.87. The van der Waals surface area contributed by atoms with Crippen LogP contribution in [0, 0.1) is 15.4 Å². The summed E-state index contributed by atoms with van der Waals surface area (Å²) in [7, 11) is 0. The van der Waals surface area contributed by atoms with Crippen molar-refractivity contribution in [3.05, 3.63) is 45.6 Å². The molecular weight excluding hydrogens is 501 g/mol. The summed E-state index contributed by atoms with van der Waals surface area (Å²) in [6, 6.07) is 8.23. The molecule has 0 spiro atoms. The number of aromatic nitrogens is 4. The van der Waals surface area contributed by atoms with Gasteiger partial charge in [0.2, 0.25) is 5.82 Å². The van der Waals surface area contributed by atoms with E-state index in [1.165, 1.54) is 15.3 Å². The first-order chi connectivity index (χ1) is 14.1. The summed E-state index contributed by atoms with van der Waals surface area (Å²) >= 11 is 3.77. The van der Waals surface area contributed by atoms with Crippen LogP contribution in [0.3, 0.4) is 0 Å². The molecule has 3 aromatic rings. The monoisotopic (exact) mass is 521 g/mol. The molecule has 2 aromatic heterocycles. The lowest BCUT2D eigenvalue weighted by Gasteiger charge is -2.17. The number of imidazole rings is 1. The fourth-order valence-corrected chi connectivity index (χ4v) is 5.00. The van der Waals surface area contributed by atoms with Crippen molar-refractivity contribution < 1.29 is 10.2 Å². The molecule has 7 nitrogen and oxygen atoms in total. The maximum atomic E-state index is 10.3. The summed E-state index contributed by atoms with van der Waals surface area (Å²) in [5.41, 5.74) is 2.34. The number of fused-ring (bicyclic) bond motifs is 1. The number of hydrogen-bond acceptors (Lipinski definition) is 7. The highest BCUT2D eigenvalue weighted by Crippen LogP contribution is 2.38. The number of benzene rings is 1. The van der Waals surface area contributed by atoms with E-state index in [0.717, 1.165) is 5.56 Å². The number of aliphatic hydroxyl groups is 2. The summed E-state index contributed by atoms with van der Waals surface area (Å²) in [5, 5.41) is 23.3. The number of nitrogens with zero attached hydrogens (tertiary/aromatic N) is 4. The highest BCUT2D eigenvalue weighted by molar-refractivity contribution is 14.1. The fourth-order valence-electron chi connectivity index (χ4n) is 3.11. The molecule has 29 heavy (non-hydrogen) atoms. The van der Waals surface area contributed by atoms with Gasteiger partial charge in [-0.15, -0.1) is 11.8 Å². The van der Waals surface area contributed by atoms with Crippen molar-refractivity contribution in [2.24, 2.45) is 0 Å². The number of rotatable bonds is 4. The van der Waals surface area contributed by atoms with Gasteiger partial charge >= 0.3 is 0 Å². The average Bonchev–Trinajstić information content (AvgIpc) is 3.28. The van der Waals surface area contributed by atoms with Gasteiger partial charge in [0, 0.05) is 22.3 Å². The third-order valence-electron chi connectivity index (χ3n) is 4.55. The van der Waals surface area contributed by atoms with Crippen LogP contribution < -0.4 is 5.32 Å². The smallest absolute Gasteiger partial charge is 0.208 e. The highest BCUT2D eigenvalue weighted by Gasteiger charge is 2.36. The Balaban J connectivity index is 1.72. The summed E-state index contributed by atoms with van der Waals surface area (Å²) in [5.74, 6) is 7.47. The Morgan fingerprint density at radius 1 is 1.34 bits per heavy atom. The van der Waals surface area contributed by atoms with Crippen LogP contribution in [0.1, 0.15) is 30.1 Å². The number of halogens is 1. The molecule has 3 heterocycles. The molecule has 1 fully saturated rings. The summed E-state index contributed by atoms with van der Waals surface area (Å²) in [6.45, 7) is 2.56. The molecule has 0 radical (unpaired) electrons. The summed E-state index contributed by atoms with van der Waals surface area (Å²) < 4.78 is 2.97. The van der Waals surface area contributed by atoms with Crippen molar-refractivity contribution in [1.29, 1.82) is 0 Å². The van der Waals surface area contributed by atoms with Crippen molar-refractivity contribution >= 4 is 51.3 Å². The van der Waals surface area contributed by atoms with Crippen molar-refractivity contribution in [2.75, 3.05) is 11.1 Å². The second-order valence-electron chi connectivity index (χ2n) is 6.64. The number of thioether (sulfide) groups is 1. The van der Waals surface area contributed by atoms with E-state index in [9.17, 15) is 10.2 Å². The van der Waals surface area contributed by atoms with Crippen molar-refractivity contribution in [3.63, 3.8) is 0 Å². The number of nitrogens with one attached hydrogen (secondary N) is 1. The second-order valence-corrected chi connectivity index (χ2v) is 9.04. The molecule has 1 saturated heterocycles. The Labute approximate surface area is 186 Å². The van der Waals surface area contributed by atoms with Gasteiger partial charge < -0.3 is 15.5 Å². The lowest BCUT2D eigenvalue weighted by atomic mass is 10.2. The van der Waals surface area contributed by atoms with E-state index in [0.29, 0.717) is 41.5 Å². The molecule has 9 heteroatoms. The zero-order valence-corrected chi connectivity index (χ0v) is 18.7. The Morgan fingerprint density at radius 2 is 2.21 bits per heavy atom. The molecule has 1 aliphatic rings. The van der Waals surface area contributed by atoms with Gasteiger partial charge in [-0.1, -0.05) is 25.0 Å². The molecule has 0 amide bonds. The van der Waals surface area contributed by atoms with Crippen LogP contribution >= 0.6 is 34.4 Å². The van der Waals surface area contributed by atoms with Crippen LogP contribution in [-0.4, -0.2) is 47.7 Å². The molecule has 0 bridgehead atoms. The highest BCUT2D eigenvalue weighted by atomic mass is 127. The largest absolute Gasteiger partial charge is 0.389 e. The van der Waals surface area contributed by atoms with Gasteiger partial charge in [-0.05, 0) is 46.2 Å². The van der Waals surface area contributed by atoms with E-state index in [-0.39, 0.29) is 5.37 Å². The van der Waals surface area contributed by atoms with Crippen LogP contribution in [0.15, 0.2) is 30.6 Å². The van der Waals surface area contributed by atoms with Crippen LogP contribution in [0.4, 0.5) is 5.82 Å². The molecule has 4 rings (SSSR count). The Morgan fingerprint density at radius 3 is 2.93 bits per heavy atom. The van der Waals surface area contributed by atoms with Crippen molar-refractivity contribution in [3.8, 4) is 11.8 Å². The third-order valence-corrected chi connectivity index (χ3v) is 6.60. The van der Waals surface area contributed by atoms with Crippen LogP contribution in [0.2, 0.25) is 0 Å². The zero-order chi connectivity index (χ0) is 20.4. The first kappa shape index (κ1) is 20.4. The number of hydrogen-bond donors (Lipinski definition) is 3. The molecule has 0 aliphatic carbocycles. The van der Waals surface area contributed by atoms with Gasteiger partial charge in [-0.3, -0.25) is 4.57 Å². The van der Waals surface area contributed by atoms with Crippen molar-refractivity contribution in [1.82, 2.24) is 19.5 Å². The van der Waals surface area contributed by atoms with Gasteiger partial charge in [-0.25, -0.2) is 15.0 Å². The van der Waals surface area contributed by atoms with E-state index in [1.54, 1.807) is 10.9 Å². The van der Waals surface area contributed by atoms with Gasteiger partial charge in [-0.2, -0.15) is 0 Å². The Kier molecular flexibility index (Phi) is 6.24. The van der Waals surface area contributed by atoms with Gasteiger partial charge in [0.05, 0.1) is 12.4 Å². The molecule has 1 aliphatic heterocycles. The van der Waals surface area contributed by atoms with Crippen LogP contribution in [0.5, 0.6) is 0 Å². The van der Waals surface area contributed by atoms with Gasteiger partial charge in [0.15, 0.2) is 17.0 Å². The van der Waals surface area contributed by atoms with E-state index in [1.807, 2.05) is 19.1 Å². The maximum absolute atomic E-state index is 10.3. The Bertz CT molecular complexity index is 1090. The van der Waals surface area contributed by atoms with E-state index in [4.69, 9.17) is 0 Å². The minimum atomic E-state index is -0.875. The number of anilines is 1. The van der Waals surface area contributed by atoms with Crippen molar-refractivity contribution in [2.45, 2.75) is 37.5 Å². The maximum Gasteiger partial charge on any atom is 0.208 e. The van der Waals surface area contributed by atoms with E-state index < -0.39 is 12.2 Å². The molecule has 3 N–H and O–H groups in total. The number of aliphatic hydroxyl groups excluding tert-OH is 2. The first-order valence-corrected chi connectivity index (χ1v) is 11.4. The minimum Gasteiger partial charge on any atom is -0.389 e. The zero-order valence-electron chi connectivity index (χ0n) is 15.7. The van der Waals surface area contributed by atoms with E-state index in [2.05, 4.69) is 66.8 Å². The second kappa shape index (κ2) is 8.87. The van der Waals surface area contributed by atoms with E-state index >= 15 is 0 Å². The summed E-state index contributed by atoms with van der Waals surface area (Å²) in [6.07, 6.45) is 0.711. The standard InChI is InChI=1S/C20H20IN5O2S/c1-2-3-7-15-24-18(22-9-12-5-4-6-13(21)8-12)16-19(25-15)26(11-23-16)20-17(28)14(27)10-29-20/h4-6,8,11,14,17,20,27-28H,2,9-10H2,1H3,(H,22,24,25)/t14-,17-,20-/m1/s1. The summed E-state index contributed by atoms with van der Waals surface area (Å²) in [4.78, 5) is 13.6. The lowest BCUT2D eigenvalue weighted by Crippen LogP contribution is -2.27. The molecule has 3 atom stereocenters. The van der Waals surface area contributed by atoms with Crippen LogP contribution in [-0.2, 0) is 6.54 Å². The molecule has 0 saturated carbocycles. The molecule has 1 aromatic carbocycles. The third kappa shape index (κ3) is 4.35. The molecular formula is C20H20IN5O2S. The van der Waals surface area contributed by atoms with Gasteiger partial charge in [0.25, 0.3) is 0 Å². The SMILES string of the molecule is CCC#Cc1nc(NCc2cccc(I)c2)c2ncn([C@@H]3SC[C@@H](O)[C@H]3O)c2n1.